The minimum atomic E-state index is -2.38. The number of hydrogen-bond donors (Lipinski definition) is 1. The quantitative estimate of drug-likeness (QED) is 0.915. The molecule has 2 aliphatic heterocycles. The number of nitrogens with one attached hydrogen (secondary N) is 1. The van der Waals surface area contributed by atoms with Crippen LogP contribution in [0.5, 0.6) is 0 Å². The highest BCUT2D eigenvalue weighted by Crippen LogP contribution is 2.41. The number of halogens is 2. The summed E-state index contributed by atoms with van der Waals surface area (Å²) in [5.74, 6) is 1.42. The van der Waals surface area contributed by atoms with Gasteiger partial charge >= 0.3 is 0 Å². The standard InChI is InChI=1S/C16H22F2N2/c1-16(2)14-8-19-7-13(14)10-20(16)9-11-3-5-12(6-4-11)15(17)18/h3-6,13-15,19H,7-10H2,1-2H3. The molecule has 1 aromatic carbocycles. The summed E-state index contributed by atoms with van der Waals surface area (Å²) in [7, 11) is 0. The molecule has 2 atom stereocenters. The molecule has 1 N–H and O–H groups in total. The number of hydrogen-bond acceptors (Lipinski definition) is 2. The molecule has 2 unspecified atom stereocenters. The highest BCUT2D eigenvalue weighted by molar-refractivity contribution is 5.24. The zero-order valence-electron chi connectivity index (χ0n) is 12.1. The summed E-state index contributed by atoms with van der Waals surface area (Å²) < 4.78 is 25.1. The van der Waals surface area contributed by atoms with E-state index in [0.29, 0.717) is 5.92 Å². The first-order chi connectivity index (χ1) is 9.48. The van der Waals surface area contributed by atoms with Crippen molar-refractivity contribution in [2.24, 2.45) is 11.8 Å². The molecule has 1 aromatic rings. The Morgan fingerprint density at radius 2 is 1.95 bits per heavy atom. The largest absolute Gasteiger partial charge is 0.316 e. The van der Waals surface area contributed by atoms with Crippen molar-refractivity contribution in [3.8, 4) is 0 Å². The van der Waals surface area contributed by atoms with Gasteiger partial charge in [-0.2, -0.15) is 0 Å². The van der Waals surface area contributed by atoms with Crippen LogP contribution in [0, 0.1) is 11.8 Å². The van der Waals surface area contributed by atoms with E-state index in [2.05, 4.69) is 24.1 Å². The predicted octanol–water partition coefficient (Wildman–Crippen LogP) is 3.05. The summed E-state index contributed by atoms with van der Waals surface area (Å²) in [4.78, 5) is 2.50. The lowest BCUT2D eigenvalue weighted by Crippen LogP contribution is -2.43. The number of alkyl halides is 2. The molecule has 2 heterocycles. The summed E-state index contributed by atoms with van der Waals surface area (Å²) in [5, 5.41) is 3.47. The van der Waals surface area contributed by atoms with Crippen LogP contribution in [0.4, 0.5) is 8.78 Å². The van der Waals surface area contributed by atoms with E-state index in [-0.39, 0.29) is 11.1 Å². The van der Waals surface area contributed by atoms with Crippen molar-refractivity contribution in [1.29, 1.82) is 0 Å². The smallest absolute Gasteiger partial charge is 0.263 e. The minimum absolute atomic E-state index is 0.107. The van der Waals surface area contributed by atoms with E-state index in [9.17, 15) is 8.78 Å². The molecule has 0 saturated carbocycles. The molecule has 2 nitrogen and oxygen atoms in total. The van der Waals surface area contributed by atoms with Crippen molar-refractivity contribution in [1.82, 2.24) is 10.2 Å². The molecule has 4 heteroatoms. The zero-order chi connectivity index (χ0) is 14.3. The molecule has 0 aromatic heterocycles. The third kappa shape index (κ3) is 2.35. The first-order valence-electron chi connectivity index (χ1n) is 7.31. The molecule has 3 rings (SSSR count). The fourth-order valence-corrected chi connectivity index (χ4v) is 3.76. The van der Waals surface area contributed by atoms with Gasteiger partial charge in [-0.15, -0.1) is 0 Å². The van der Waals surface area contributed by atoms with Gasteiger partial charge in [0.15, 0.2) is 0 Å². The van der Waals surface area contributed by atoms with Gasteiger partial charge in [-0.3, -0.25) is 4.90 Å². The van der Waals surface area contributed by atoms with Crippen LogP contribution in [0.2, 0.25) is 0 Å². The van der Waals surface area contributed by atoms with E-state index in [1.807, 2.05) is 12.1 Å². The van der Waals surface area contributed by atoms with Crippen LogP contribution in [0.25, 0.3) is 0 Å². The van der Waals surface area contributed by atoms with Gasteiger partial charge in [0, 0.05) is 30.7 Å². The molecule has 0 bridgehead atoms. The Balaban J connectivity index is 1.71. The Morgan fingerprint density at radius 3 is 2.55 bits per heavy atom. The average molecular weight is 280 g/mol. The van der Waals surface area contributed by atoms with Crippen molar-refractivity contribution >= 4 is 0 Å². The Hall–Kier alpha value is -1.00. The third-order valence-electron chi connectivity index (χ3n) is 5.12. The van der Waals surface area contributed by atoms with Crippen molar-refractivity contribution in [3.63, 3.8) is 0 Å². The van der Waals surface area contributed by atoms with Crippen LogP contribution in [0.15, 0.2) is 24.3 Å². The fraction of sp³-hybridized carbons (Fsp3) is 0.625. The van der Waals surface area contributed by atoms with E-state index in [4.69, 9.17) is 0 Å². The molecule has 2 saturated heterocycles. The summed E-state index contributed by atoms with van der Waals surface area (Å²) in [6.07, 6.45) is -2.38. The van der Waals surface area contributed by atoms with E-state index < -0.39 is 6.43 Å². The summed E-state index contributed by atoms with van der Waals surface area (Å²) in [6, 6.07) is 6.77. The van der Waals surface area contributed by atoms with Gasteiger partial charge in [-0.25, -0.2) is 8.78 Å². The summed E-state index contributed by atoms with van der Waals surface area (Å²) >= 11 is 0. The van der Waals surface area contributed by atoms with Gasteiger partial charge in [0.2, 0.25) is 0 Å². The first-order valence-corrected chi connectivity index (χ1v) is 7.31. The average Bonchev–Trinajstić information content (AvgIpc) is 2.94. The predicted molar refractivity (Wildman–Crippen MR) is 75.7 cm³/mol. The van der Waals surface area contributed by atoms with Crippen molar-refractivity contribution < 1.29 is 8.78 Å². The van der Waals surface area contributed by atoms with Crippen LogP contribution < -0.4 is 5.32 Å². The lowest BCUT2D eigenvalue weighted by molar-refractivity contribution is 0.132. The second kappa shape index (κ2) is 5.08. The van der Waals surface area contributed by atoms with E-state index in [1.165, 1.54) is 0 Å². The third-order valence-corrected chi connectivity index (χ3v) is 5.12. The molecule has 20 heavy (non-hydrogen) atoms. The van der Waals surface area contributed by atoms with Gasteiger partial charge in [0.25, 0.3) is 6.43 Å². The van der Waals surface area contributed by atoms with Crippen molar-refractivity contribution in [2.45, 2.75) is 32.4 Å². The Morgan fingerprint density at radius 1 is 1.25 bits per heavy atom. The lowest BCUT2D eigenvalue weighted by Gasteiger charge is -2.35. The summed E-state index contributed by atoms with van der Waals surface area (Å²) in [6.45, 7) is 8.76. The second-order valence-corrected chi connectivity index (χ2v) is 6.60. The van der Waals surface area contributed by atoms with Gasteiger partial charge in [0.1, 0.15) is 0 Å². The number of nitrogens with zero attached hydrogens (tertiary/aromatic N) is 1. The molecule has 110 valence electrons. The Kier molecular flexibility index (Phi) is 3.55. The van der Waals surface area contributed by atoms with Gasteiger partial charge in [0.05, 0.1) is 0 Å². The molecule has 2 fully saturated rings. The SMILES string of the molecule is CC1(C)C2CNCC2CN1Cc1ccc(C(F)F)cc1. The topological polar surface area (TPSA) is 15.3 Å². The zero-order valence-corrected chi connectivity index (χ0v) is 12.1. The monoisotopic (exact) mass is 280 g/mol. The lowest BCUT2D eigenvalue weighted by atomic mass is 9.85. The van der Waals surface area contributed by atoms with Crippen LogP contribution >= 0.6 is 0 Å². The normalized spacial score (nSPS) is 29.1. The van der Waals surface area contributed by atoms with Crippen LogP contribution in [0.3, 0.4) is 0 Å². The maximum atomic E-state index is 12.6. The van der Waals surface area contributed by atoms with E-state index >= 15 is 0 Å². The minimum Gasteiger partial charge on any atom is -0.316 e. The first kappa shape index (κ1) is 14.0. The maximum absolute atomic E-state index is 12.6. The molecular weight excluding hydrogens is 258 g/mol. The molecule has 0 amide bonds. The summed E-state index contributed by atoms with van der Waals surface area (Å²) in [5.41, 5.74) is 1.40. The highest BCUT2D eigenvalue weighted by atomic mass is 19.3. The number of fused-ring (bicyclic) bond motifs is 1. The molecule has 2 aliphatic rings. The highest BCUT2D eigenvalue weighted by Gasteiger charge is 2.49. The van der Waals surface area contributed by atoms with Gasteiger partial charge in [-0.05, 0) is 37.8 Å². The number of rotatable bonds is 3. The van der Waals surface area contributed by atoms with Gasteiger partial charge < -0.3 is 5.32 Å². The number of benzene rings is 1. The van der Waals surface area contributed by atoms with Crippen molar-refractivity contribution in [2.75, 3.05) is 19.6 Å². The fourth-order valence-electron chi connectivity index (χ4n) is 3.76. The van der Waals surface area contributed by atoms with Crippen LogP contribution in [-0.4, -0.2) is 30.1 Å². The second-order valence-electron chi connectivity index (χ2n) is 6.60. The molecule has 0 radical (unpaired) electrons. The van der Waals surface area contributed by atoms with E-state index in [0.717, 1.165) is 37.7 Å². The Bertz CT molecular complexity index is 470. The van der Waals surface area contributed by atoms with E-state index in [1.54, 1.807) is 12.1 Å². The number of likely N-dealkylation sites (tertiary alicyclic amines) is 1. The van der Waals surface area contributed by atoms with Crippen LogP contribution in [0.1, 0.15) is 31.4 Å². The maximum Gasteiger partial charge on any atom is 0.263 e. The van der Waals surface area contributed by atoms with Crippen molar-refractivity contribution in [3.05, 3.63) is 35.4 Å². The van der Waals surface area contributed by atoms with Crippen LogP contribution in [-0.2, 0) is 6.54 Å². The van der Waals surface area contributed by atoms with Gasteiger partial charge in [-0.1, -0.05) is 24.3 Å². The molecular formula is C16H22F2N2. The molecule has 0 spiro atoms. The Labute approximate surface area is 119 Å². The molecule has 0 aliphatic carbocycles.